The number of fused-ring (bicyclic) bond motifs is 1. The van der Waals surface area contributed by atoms with Crippen LogP contribution in [0, 0.1) is 64.1 Å². The number of rotatable bonds is 1. The summed E-state index contributed by atoms with van der Waals surface area (Å²) < 4.78 is 0. The van der Waals surface area contributed by atoms with E-state index in [0.717, 1.165) is 53.3 Å². The van der Waals surface area contributed by atoms with Crippen LogP contribution < -0.4 is 0 Å². The third-order valence-corrected chi connectivity index (χ3v) is 9.59. The van der Waals surface area contributed by atoms with Gasteiger partial charge in [-0.05, 0) is 83.4 Å². The molecule has 3 aliphatic carbocycles. The minimum atomic E-state index is 0.425. The molecule has 8 unspecified atom stereocenters. The van der Waals surface area contributed by atoms with E-state index in [1.54, 1.807) is 0 Å². The Hall–Kier alpha value is 0. The highest BCUT2D eigenvalue weighted by molar-refractivity contribution is 5.09. The van der Waals surface area contributed by atoms with E-state index in [0.29, 0.717) is 10.8 Å². The van der Waals surface area contributed by atoms with E-state index in [1.165, 1.54) is 32.1 Å². The summed E-state index contributed by atoms with van der Waals surface area (Å²) in [7, 11) is 0. The van der Waals surface area contributed by atoms with Crippen LogP contribution in [0.15, 0.2) is 0 Å². The molecule has 0 spiro atoms. The van der Waals surface area contributed by atoms with Crippen LogP contribution >= 0.6 is 0 Å². The Morgan fingerprint density at radius 1 is 0.760 bits per heavy atom. The molecule has 3 fully saturated rings. The van der Waals surface area contributed by atoms with Crippen molar-refractivity contribution in [1.82, 2.24) is 0 Å². The van der Waals surface area contributed by atoms with Gasteiger partial charge in [-0.15, -0.1) is 0 Å². The molecule has 0 saturated heterocycles. The first-order valence-corrected chi connectivity index (χ1v) is 11.5. The Bertz CT molecular complexity index is 453. The highest BCUT2D eigenvalue weighted by Crippen LogP contribution is 2.67. The fourth-order valence-corrected chi connectivity index (χ4v) is 8.67. The van der Waals surface area contributed by atoms with Crippen molar-refractivity contribution >= 4 is 0 Å². The molecule has 3 saturated carbocycles. The molecule has 0 aromatic heterocycles. The maximum Gasteiger partial charge on any atom is -0.0277 e. The Kier molecular flexibility index (Phi) is 5.18. The fraction of sp³-hybridized carbons (Fsp3) is 1.00. The van der Waals surface area contributed by atoms with Crippen LogP contribution in [0.25, 0.3) is 0 Å². The summed E-state index contributed by atoms with van der Waals surface area (Å²) in [6.45, 7) is 23.3. The van der Waals surface area contributed by atoms with Crippen LogP contribution in [0.2, 0.25) is 0 Å². The molecule has 0 radical (unpaired) electrons. The van der Waals surface area contributed by atoms with Crippen LogP contribution in [-0.2, 0) is 0 Å². The lowest BCUT2D eigenvalue weighted by atomic mass is 9.53. The van der Waals surface area contributed by atoms with Crippen molar-refractivity contribution in [2.75, 3.05) is 0 Å². The van der Waals surface area contributed by atoms with Crippen molar-refractivity contribution in [3.05, 3.63) is 0 Å². The van der Waals surface area contributed by atoms with Crippen LogP contribution in [0.3, 0.4) is 0 Å². The first-order chi connectivity index (χ1) is 11.5. The number of hydrogen-bond donors (Lipinski definition) is 0. The maximum atomic E-state index is 2.65. The maximum absolute atomic E-state index is 2.65. The van der Waals surface area contributed by atoms with Gasteiger partial charge in [0.15, 0.2) is 0 Å². The fourth-order valence-electron chi connectivity index (χ4n) is 8.67. The minimum absolute atomic E-state index is 0.425. The van der Waals surface area contributed by atoms with Gasteiger partial charge in [0.05, 0.1) is 0 Å². The zero-order chi connectivity index (χ0) is 18.7. The third kappa shape index (κ3) is 3.12. The molecular weight excluding hydrogens is 300 g/mol. The molecule has 0 aliphatic heterocycles. The molecule has 0 N–H and O–H groups in total. The summed E-state index contributed by atoms with van der Waals surface area (Å²) in [4.78, 5) is 0. The lowest BCUT2D eigenvalue weighted by Crippen LogP contribution is -2.46. The summed E-state index contributed by atoms with van der Waals surface area (Å²) in [5.41, 5.74) is 0.937. The van der Waals surface area contributed by atoms with Gasteiger partial charge in [0.2, 0.25) is 0 Å². The summed E-state index contributed by atoms with van der Waals surface area (Å²) in [6.07, 6.45) is 7.44. The monoisotopic (exact) mass is 346 g/mol. The van der Waals surface area contributed by atoms with Gasteiger partial charge in [0, 0.05) is 0 Å². The zero-order valence-electron chi connectivity index (χ0n) is 18.7. The Morgan fingerprint density at radius 2 is 1.28 bits per heavy atom. The first kappa shape index (κ1) is 19.8. The van der Waals surface area contributed by atoms with Gasteiger partial charge in [-0.1, -0.05) is 75.2 Å². The largest absolute Gasteiger partial charge is 0.0622 e. The topological polar surface area (TPSA) is 0 Å². The van der Waals surface area contributed by atoms with Gasteiger partial charge in [0.25, 0.3) is 0 Å². The lowest BCUT2D eigenvalue weighted by molar-refractivity contribution is -0.0378. The normalized spacial score (nSPS) is 50.5. The number of hydrogen-bond acceptors (Lipinski definition) is 0. The second-order valence-corrected chi connectivity index (χ2v) is 12.3. The summed E-state index contributed by atoms with van der Waals surface area (Å²) >= 11 is 0. The molecule has 0 nitrogen and oxygen atoms in total. The van der Waals surface area contributed by atoms with Gasteiger partial charge < -0.3 is 0 Å². The highest BCUT2D eigenvalue weighted by atomic mass is 14.7. The molecule has 0 aromatic rings. The molecule has 0 aromatic carbocycles. The predicted octanol–water partition coefficient (Wildman–Crippen LogP) is 7.68. The Balaban J connectivity index is 2.06. The van der Waals surface area contributed by atoms with Gasteiger partial charge in [-0.2, -0.15) is 0 Å². The molecular formula is C25H46. The molecule has 25 heavy (non-hydrogen) atoms. The second-order valence-electron chi connectivity index (χ2n) is 12.3. The molecule has 3 rings (SSSR count). The second kappa shape index (κ2) is 6.56. The zero-order valence-corrected chi connectivity index (χ0v) is 18.7. The van der Waals surface area contributed by atoms with Crippen LogP contribution in [-0.4, -0.2) is 0 Å². The van der Waals surface area contributed by atoms with Crippen LogP contribution in [0.4, 0.5) is 0 Å². The van der Waals surface area contributed by atoms with Crippen LogP contribution in [0.5, 0.6) is 0 Å². The van der Waals surface area contributed by atoms with Crippen molar-refractivity contribution in [2.45, 2.75) is 94.4 Å². The van der Waals surface area contributed by atoms with E-state index in [1.807, 2.05) is 0 Å². The molecule has 0 bridgehead atoms. The third-order valence-electron chi connectivity index (χ3n) is 9.59. The van der Waals surface area contributed by atoms with E-state index in [2.05, 4.69) is 62.3 Å². The van der Waals surface area contributed by atoms with Crippen molar-refractivity contribution in [1.29, 1.82) is 0 Å². The molecule has 146 valence electrons. The SMILES string of the molecule is CC1CC(C)C(C)C(C2C3CCCCC3C(C)(C)C2C(C)(C)C)C1C. The van der Waals surface area contributed by atoms with Gasteiger partial charge in [0.1, 0.15) is 0 Å². The molecule has 3 aliphatic rings. The smallest absolute Gasteiger partial charge is 0.0277 e. The highest BCUT2D eigenvalue weighted by Gasteiger charge is 2.61. The average molecular weight is 347 g/mol. The van der Waals surface area contributed by atoms with Crippen molar-refractivity contribution in [3.8, 4) is 0 Å². The van der Waals surface area contributed by atoms with E-state index in [9.17, 15) is 0 Å². The molecule has 0 heteroatoms. The van der Waals surface area contributed by atoms with Gasteiger partial charge in [-0.25, -0.2) is 0 Å². The summed E-state index contributed by atoms with van der Waals surface area (Å²) in [5.74, 6) is 8.36. The predicted molar refractivity (Wildman–Crippen MR) is 110 cm³/mol. The summed E-state index contributed by atoms with van der Waals surface area (Å²) in [5, 5.41) is 0. The van der Waals surface area contributed by atoms with Crippen molar-refractivity contribution in [3.63, 3.8) is 0 Å². The molecule has 0 heterocycles. The van der Waals surface area contributed by atoms with E-state index >= 15 is 0 Å². The van der Waals surface area contributed by atoms with Crippen molar-refractivity contribution < 1.29 is 0 Å². The van der Waals surface area contributed by atoms with Gasteiger partial charge in [-0.3, -0.25) is 0 Å². The van der Waals surface area contributed by atoms with Crippen LogP contribution in [0.1, 0.15) is 94.4 Å². The lowest BCUT2D eigenvalue weighted by Gasteiger charge is -2.52. The average Bonchev–Trinajstić information content (AvgIpc) is 2.74. The first-order valence-electron chi connectivity index (χ1n) is 11.5. The van der Waals surface area contributed by atoms with Crippen molar-refractivity contribution in [2.24, 2.45) is 64.1 Å². The van der Waals surface area contributed by atoms with Gasteiger partial charge >= 0.3 is 0 Å². The Morgan fingerprint density at radius 3 is 1.80 bits per heavy atom. The quantitative estimate of drug-likeness (QED) is 0.457. The van der Waals surface area contributed by atoms with E-state index in [4.69, 9.17) is 0 Å². The molecule has 8 atom stereocenters. The summed E-state index contributed by atoms with van der Waals surface area (Å²) in [6, 6.07) is 0. The minimum Gasteiger partial charge on any atom is -0.0622 e. The van der Waals surface area contributed by atoms with E-state index < -0.39 is 0 Å². The van der Waals surface area contributed by atoms with E-state index in [-0.39, 0.29) is 0 Å². The Labute approximate surface area is 158 Å². The standard InChI is InChI=1S/C25H46/c1-15-14-16(2)18(4)21(17(15)3)22-19-12-10-11-13-20(19)25(8,9)23(22)24(5,6)7/h15-23H,10-14H2,1-9H3. The molecule has 0 amide bonds.